The van der Waals surface area contributed by atoms with Gasteiger partial charge in [0, 0.05) is 19.0 Å². The molecule has 1 fully saturated rings. The number of aromatic nitrogens is 1. The molecule has 1 aromatic heterocycles. The van der Waals surface area contributed by atoms with Crippen LogP contribution in [0.4, 0.5) is 11.5 Å². The van der Waals surface area contributed by atoms with Crippen LogP contribution < -0.4 is 9.62 Å². The van der Waals surface area contributed by atoms with Crippen LogP contribution in [-0.4, -0.2) is 51.3 Å². The van der Waals surface area contributed by atoms with Crippen LogP contribution in [0.5, 0.6) is 0 Å². The van der Waals surface area contributed by atoms with E-state index in [0.717, 1.165) is 18.9 Å². The highest BCUT2D eigenvalue weighted by molar-refractivity contribution is 7.92. The molecular weight excluding hydrogens is 314 g/mol. The third kappa shape index (κ3) is 5.33. The zero-order valence-corrected chi connectivity index (χ0v) is 13.4. The minimum absolute atomic E-state index is 0.0743. The fraction of sp³-hybridized carbons (Fsp3) is 0.615. The number of morpholine rings is 1. The molecule has 0 aliphatic carbocycles. The van der Waals surface area contributed by atoms with Gasteiger partial charge in [0.25, 0.3) is 0 Å². The van der Waals surface area contributed by atoms with E-state index in [-0.39, 0.29) is 5.75 Å². The largest absolute Gasteiger partial charge is 0.378 e. The number of sulfonamides is 1. The predicted molar refractivity (Wildman–Crippen MR) is 84.6 cm³/mol. The van der Waals surface area contributed by atoms with E-state index < -0.39 is 10.0 Å². The zero-order chi connectivity index (χ0) is 15.1. The lowest BCUT2D eigenvalue weighted by Crippen LogP contribution is -2.36. The highest BCUT2D eigenvalue weighted by Gasteiger charge is 2.13. The van der Waals surface area contributed by atoms with Crippen molar-refractivity contribution >= 4 is 33.1 Å². The van der Waals surface area contributed by atoms with Crippen LogP contribution in [-0.2, 0) is 14.8 Å². The number of nitrogens with zero attached hydrogens (tertiary/aromatic N) is 2. The molecule has 0 saturated carbocycles. The summed E-state index contributed by atoms with van der Waals surface area (Å²) in [6.45, 7) is 2.99. The highest BCUT2D eigenvalue weighted by Crippen LogP contribution is 2.16. The summed E-state index contributed by atoms with van der Waals surface area (Å²) < 4.78 is 31.5. The van der Waals surface area contributed by atoms with Crippen molar-refractivity contribution in [1.29, 1.82) is 0 Å². The van der Waals surface area contributed by atoms with Gasteiger partial charge in [-0.2, -0.15) is 0 Å². The molecule has 6 nitrogen and oxygen atoms in total. The monoisotopic (exact) mass is 333 g/mol. The van der Waals surface area contributed by atoms with Crippen LogP contribution in [0.3, 0.4) is 0 Å². The van der Waals surface area contributed by atoms with Gasteiger partial charge in [-0.1, -0.05) is 0 Å². The molecule has 8 heteroatoms. The van der Waals surface area contributed by atoms with E-state index in [4.69, 9.17) is 16.3 Å². The van der Waals surface area contributed by atoms with E-state index in [0.29, 0.717) is 37.6 Å². The second-order valence-corrected chi connectivity index (χ2v) is 7.04. The Hall–Kier alpha value is -1.05. The molecule has 1 aromatic rings. The quantitative estimate of drug-likeness (QED) is 0.607. The number of unbranched alkanes of at least 4 members (excludes halogenated alkanes) is 1. The summed E-state index contributed by atoms with van der Waals surface area (Å²) in [4.78, 5) is 6.42. The molecule has 0 atom stereocenters. The van der Waals surface area contributed by atoms with Crippen LogP contribution in [0.1, 0.15) is 12.8 Å². The number of alkyl halides is 1. The van der Waals surface area contributed by atoms with Gasteiger partial charge >= 0.3 is 0 Å². The Morgan fingerprint density at radius 2 is 2.05 bits per heavy atom. The predicted octanol–water partition coefficient (Wildman–Crippen LogP) is 1.68. The molecule has 1 N–H and O–H groups in total. The number of hydrogen-bond donors (Lipinski definition) is 1. The number of rotatable bonds is 7. The summed E-state index contributed by atoms with van der Waals surface area (Å²) >= 11 is 5.54. The average molecular weight is 334 g/mol. The maximum absolute atomic E-state index is 11.9. The van der Waals surface area contributed by atoms with Gasteiger partial charge in [-0.05, 0) is 25.0 Å². The zero-order valence-electron chi connectivity index (χ0n) is 11.8. The topological polar surface area (TPSA) is 71.5 Å². The summed E-state index contributed by atoms with van der Waals surface area (Å²) in [6, 6.07) is 3.55. The van der Waals surface area contributed by atoms with Gasteiger partial charge in [-0.15, -0.1) is 11.6 Å². The Morgan fingerprint density at radius 1 is 1.29 bits per heavy atom. The third-order valence-electron chi connectivity index (χ3n) is 3.15. The second kappa shape index (κ2) is 7.82. The lowest BCUT2D eigenvalue weighted by Gasteiger charge is -2.27. The van der Waals surface area contributed by atoms with E-state index in [1.807, 2.05) is 6.07 Å². The lowest BCUT2D eigenvalue weighted by atomic mass is 10.3. The Labute approximate surface area is 130 Å². The number of halogens is 1. The summed E-state index contributed by atoms with van der Waals surface area (Å²) in [5.74, 6) is 1.39. The van der Waals surface area contributed by atoms with Crippen molar-refractivity contribution in [2.75, 3.05) is 47.6 Å². The molecule has 21 heavy (non-hydrogen) atoms. The van der Waals surface area contributed by atoms with E-state index in [9.17, 15) is 8.42 Å². The van der Waals surface area contributed by atoms with Crippen LogP contribution in [0.25, 0.3) is 0 Å². The van der Waals surface area contributed by atoms with Crippen LogP contribution in [0.15, 0.2) is 18.3 Å². The molecule has 0 spiro atoms. The molecule has 0 amide bonds. The lowest BCUT2D eigenvalue weighted by molar-refractivity contribution is 0.122. The Bertz CT molecular complexity index is 530. The molecule has 0 unspecified atom stereocenters. The maximum Gasteiger partial charge on any atom is 0.232 e. The Morgan fingerprint density at radius 3 is 2.67 bits per heavy atom. The standard InChI is InChI=1S/C13H20ClN3O3S/c14-5-1-2-10-21(18,19)16-12-3-4-13(15-11-12)17-6-8-20-9-7-17/h3-4,11,16H,1-2,5-10H2. The van der Waals surface area contributed by atoms with Crippen molar-refractivity contribution in [2.45, 2.75) is 12.8 Å². The molecule has 2 rings (SSSR count). The van der Waals surface area contributed by atoms with Crippen molar-refractivity contribution in [2.24, 2.45) is 0 Å². The number of hydrogen-bond acceptors (Lipinski definition) is 5. The fourth-order valence-electron chi connectivity index (χ4n) is 2.04. The van der Waals surface area contributed by atoms with Gasteiger partial charge in [0.15, 0.2) is 0 Å². The van der Waals surface area contributed by atoms with Crippen molar-refractivity contribution in [1.82, 2.24) is 4.98 Å². The third-order valence-corrected chi connectivity index (χ3v) is 4.79. The number of ether oxygens (including phenoxy) is 1. The highest BCUT2D eigenvalue weighted by atomic mass is 35.5. The van der Waals surface area contributed by atoms with Gasteiger partial charge in [0.05, 0.1) is 30.9 Å². The second-order valence-electron chi connectivity index (χ2n) is 4.82. The first-order valence-corrected chi connectivity index (χ1v) is 9.14. The average Bonchev–Trinajstić information content (AvgIpc) is 2.49. The Balaban J connectivity index is 1.92. The normalized spacial score (nSPS) is 16.0. The molecular formula is C13H20ClN3O3S. The van der Waals surface area contributed by atoms with E-state index in [1.165, 1.54) is 0 Å². The van der Waals surface area contributed by atoms with Gasteiger partial charge in [0.2, 0.25) is 10.0 Å². The van der Waals surface area contributed by atoms with Gasteiger partial charge in [-0.25, -0.2) is 13.4 Å². The van der Waals surface area contributed by atoms with Crippen LogP contribution in [0, 0.1) is 0 Å². The van der Waals surface area contributed by atoms with Crippen molar-refractivity contribution < 1.29 is 13.2 Å². The molecule has 1 aliphatic rings. The molecule has 118 valence electrons. The molecule has 1 saturated heterocycles. The minimum atomic E-state index is -3.33. The molecule has 0 aromatic carbocycles. The maximum atomic E-state index is 11.9. The molecule has 1 aliphatic heterocycles. The summed E-state index contributed by atoms with van der Waals surface area (Å²) in [6.07, 6.45) is 2.79. The molecule has 2 heterocycles. The SMILES string of the molecule is O=S(=O)(CCCCCl)Nc1ccc(N2CCOCC2)nc1. The van der Waals surface area contributed by atoms with Gasteiger partial charge < -0.3 is 9.64 Å². The summed E-state index contributed by atoms with van der Waals surface area (Å²) in [5, 5.41) is 0. The van der Waals surface area contributed by atoms with Crippen LogP contribution >= 0.6 is 11.6 Å². The first-order valence-electron chi connectivity index (χ1n) is 6.96. The first kappa shape index (κ1) is 16.3. The summed E-state index contributed by atoms with van der Waals surface area (Å²) in [7, 11) is -3.33. The van der Waals surface area contributed by atoms with E-state index >= 15 is 0 Å². The van der Waals surface area contributed by atoms with Gasteiger partial charge in [-0.3, -0.25) is 4.72 Å². The van der Waals surface area contributed by atoms with E-state index in [1.54, 1.807) is 12.3 Å². The molecule has 0 bridgehead atoms. The van der Waals surface area contributed by atoms with Gasteiger partial charge in [0.1, 0.15) is 5.82 Å². The number of pyridine rings is 1. The Kier molecular flexibility index (Phi) is 6.08. The number of anilines is 2. The summed E-state index contributed by atoms with van der Waals surface area (Å²) in [5.41, 5.74) is 0.484. The molecule has 0 radical (unpaired) electrons. The first-order chi connectivity index (χ1) is 10.1. The van der Waals surface area contributed by atoms with Crippen molar-refractivity contribution in [3.05, 3.63) is 18.3 Å². The smallest absolute Gasteiger partial charge is 0.232 e. The number of nitrogens with one attached hydrogen (secondary N) is 1. The minimum Gasteiger partial charge on any atom is -0.378 e. The van der Waals surface area contributed by atoms with E-state index in [2.05, 4.69) is 14.6 Å². The fourth-order valence-corrected chi connectivity index (χ4v) is 3.40. The van der Waals surface area contributed by atoms with Crippen molar-refractivity contribution in [3.8, 4) is 0 Å². The van der Waals surface area contributed by atoms with Crippen LogP contribution in [0.2, 0.25) is 0 Å². The van der Waals surface area contributed by atoms with Crippen molar-refractivity contribution in [3.63, 3.8) is 0 Å².